The highest BCUT2D eigenvalue weighted by Gasteiger charge is 2.15. The van der Waals surface area contributed by atoms with Crippen molar-refractivity contribution in [3.05, 3.63) is 69.5 Å². The number of carbonyl (C=O) groups excluding carboxylic acids is 1. The Morgan fingerprint density at radius 1 is 0.950 bits per heavy atom. The lowest BCUT2D eigenvalue weighted by molar-refractivity contribution is 0.0988. The summed E-state index contributed by atoms with van der Waals surface area (Å²) in [6, 6.07) is 8.86. The van der Waals surface area contributed by atoms with Crippen LogP contribution in [0.1, 0.15) is 38.2 Å². The predicted molar refractivity (Wildman–Crippen MR) is 79.8 cm³/mol. The maximum absolute atomic E-state index is 13.8. The molecule has 104 valence electrons. The average molecular weight is 270 g/mol. The number of ketones is 1. The van der Waals surface area contributed by atoms with Gasteiger partial charge >= 0.3 is 0 Å². The summed E-state index contributed by atoms with van der Waals surface area (Å²) < 4.78 is 13.8. The van der Waals surface area contributed by atoms with E-state index in [0.29, 0.717) is 0 Å². The number of hydrogen-bond donors (Lipinski definition) is 0. The van der Waals surface area contributed by atoms with E-state index in [1.807, 2.05) is 27.7 Å². The molecule has 0 saturated heterocycles. The molecular weight excluding hydrogens is 251 g/mol. The van der Waals surface area contributed by atoms with E-state index in [1.54, 1.807) is 12.1 Å². The summed E-state index contributed by atoms with van der Waals surface area (Å²) in [5.74, 6) is -0.602. The molecule has 2 rings (SSSR count). The van der Waals surface area contributed by atoms with Gasteiger partial charge in [0, 0.05) is 6.42 Å². The van der Waals surface area contributed by atoms with Crippen molar-refractivity contribution < 1.29 is 9.18 Å². The van der Waals surface area contributed by atoms with Crippen LogP contribution in [0.5, 0.6) is 0 Å². The van der Waals surface area contributed by atoms with Gasteiger partial charge in [-0.2, -0.15) is 0 Å². The Kier molecular flexibility index (Phi) is 4.03. The standard InChI is InChI=1S/C18H19FO/c1-11-5-6-15(17(19)9-11)18(20)10-16-13(3)7-12(2)8-14(16)4/h5-9H,10H2,1-4H3. The molecule has 1 nitrogen and oxygen atoms in total. The Morgan fingerprint density at radius 2 is 1.55 bits per heavy atom. The topological polar surface area (TPSA) is 17.1 Å². The smallest absolute Gasteiger partial charge is 0.170 e. The second-order valence-corrected chi connectivity index (χ2v) is 5.46. The fraction of sp³-hybridized carbons (Fsp3) is 0.278. The molecule has 0 radical (unpaired) electrons. The fourth-order valence-corrected chi connectivity index (χ4v) is 2.59. The van der Waals surface area contributed by atoms with E-state index >= 15 is 0 Å². The van der Waals surface area contributed by atoms with E-state index < -0.39 is 5.82 Å². The first-order chi connectivity index (χ1) is 9.38. The lowest BCUT2D eigenvalue weighted by atomic mass is 9.93. The molecule has 0 bridgehead atoms. The molecule has 0 aliphatic rings. The first kappa shape index (κ1) is 14.4. The summed E-state index contributed by atoms with van der Waals surface area (Å²) >= 11 is 0. The Bertz CT molecular complexity index is 648. The van der Waals surface area contributed by atoms with Gasteiger partial charge in [0.1, 0.15) is 5.82 Å². The molecule has 0 aromatic heterocycles. The molecule has 0 amide bonds. The number of hydrogen-bond acceptors (Lipinski definition) is 1. The van der Waals surface area contributed by atoms with E-state index in [-0.39, 0.29) is 17.8 Å². The van der Waals surface area contributed by atoms with E-state index in [9.17, 15) is 9.18 Å². The minimum absolute atomic E-state index is 0.169. The summed E-state index contributed by atoms with van der Waals surface area (Å²) in [6.07, 6.45) is 0.248. The molecule has 0 atom stereocenters. The van der Waals surface area contributed by atoms with Gasteiger partial charge in [0.25, 0.3) is 0 Å². The number of Topliss-reactive ketones (excluding diaryl/α,β-unsaturated/α-hetero) is 1. The van der Waals surface area contributed by atoms with Crippen LogP contribution in [0.25, 0.3) is 0 Å². The van der Waals surface area contributed by atoms with Crippen molar-refractivity contribution in [1.29, 1.82) is 0 Å². The third-order valence-corrected chi connectivity index (χ3v) is 3.60. The van der Waals surface area contributed by atoms with Crippen LogP contribution in [0.2, 0.25) is 0 Å². The van der Waals surface area contributed by atoms with Crippen LogP contribution < -0.4 is 0 Å². The molecular formula is C18H19FO. The number of rotatable bonds is 3. The molecule has 2 aromatic rings. The van der Waals surface area contributed by atoms with E-state index in [4.69, 9.17) is 0 Å². The van der Waals surface area contributed by atoms with Gasteiger partial charge in [-0.15, -0.1) is 0 Å². The first-order valence-electron chi connectivity index (χ1n) is 6.74. The van der Waals surface area contributed by atoms with Crippen LogP contribution in [-0.2, 0) is 6.42 Å². The molecule has 2 heteroatoms. The van der Waals surface area contributed by atoms with Crippen molar-refractivity contribution >= 4 is 5.78 Å². The Labute approximate surface area is 119 Å². The van der Waals surface area contributed by atoms with Gasteiger partial charge in [0.15, 0.2) is 5.78 Å². The Morgan fingerprint density at radius 3 is 2.10 bits per heavy atom. The fourth-order valence-electron chi connectivity index (χ4n) is 2.59. The molecule has 0 aliphatic heterocycles. The molecule has 0 spiro atoms. The lowest BCUT2D eigenvalue weighted by Gasteiger charge is -2.11. The summed E-state index contributed by atoms with van der Waals surface area (Å²) in [7, 11) is 0. The molecule has 2 aromatic carbocycles. The summed E-state index contributed by atoms with van der Waals surface area (Å²) in [4.78, 5) is 12.3. The van der Waals surface area contributed by atoms with Gasteiger partial charge in [-0.05, 0) is 62.1 Å². The highest BCUT2D eigenvalue weighted by molar-refractivity contribution is 5.98. The van der Waals surface area contributed by atoms with Crippen molar-refractivity contribution in [2.45, 2.75) is 34.1 Å². The SMILES string of the molecule is Cc1cc(C)c(CC(=O)c2ccc(C)cc2F)c(C)c1. The first-order valence-corrected chi connectivity index (χ1v) is 6.74. The summed E-state index contributed by atoms with van der Waals surface area (Å²) in [5.41, 5.74) is 5.35. The number of benzene rings is 2. The average Bonchev–Trinajstić information content (AvgIpc) is 2.33. The van der Waals surface area contributed by atoms with Crippen molar-refractivity contribution in [2.75, 3.05) is 0 Å². The second-order valence-electron chi connectivity index (χ2n) is 5.46. The zero-order valence-electron chi connectivity index (χ0n) is 12.4. The second kappa shape index (κ2) is 5.58. The maximum Gasteiger partial charge on any atom is 0.170 e. The van der Waals surface area contributed by atoms with Gasteiger partial charge in [0.2, 0.25) is 0 Å². The third kappa shape index (κ3) is 2.96. The van der Waals surface area contributed by atoms with E-state index in [2.05, 4.69) is 12.1 Å². The van der Waals surface area contributed by atoms with Crippen LogP contribution in [-0.4, -0.2) is 5.78 Å². The number of carbonyl (C=O) groups is 1. The summed E-state index contributed by atoms with van der Waals surface area (Å²) in [6.45, 7) is 7.83. The number of aryl methyl sites for hydroxylation is 4. The van der Waals surface area contributed by atoms with Crippen molar-refractivity contribution in [2.24, 2.45) is 0 Å². The van der Waals surface area contributed by atoms with Crippen molar-refractivity contribution in [1.82, 2.24) is 0 Å². The molecule has 0 unspecified atom stereocenters. The molecule has 20 heavy (non-hydrogen) atoms. The highest BCUT2D eigenvalue weighted by atomic mass is 19.1. The molecule has 0 fully saturated rings. The van der Waals surface area contributed by atoms with Crippen LogP contribution in [0.4, 0.5) is 4.39 Å². The van der Waals surface area contributed by atoms with Gasteiger partial charge in [-0.3, -0.25) is 4.79 Å². The van der Waals surface area contributed by atoms with Crippen LogP contribution >= 0.6 is 0 Å². The molecule has 0 N–H and O–H groups in total. The predicted octanol–water partition coefficient (Wildman–Crippen LogP) is 4.48. The van der Waals surface area contributed by atoms with Gasteiger partial charge in [0.05, 0.1) is 5.56 Å². The quantitative estimate of drug-likeness (QED) is 0.751. The zero-order chi connectivity index (χ0) is 14.9. The lowest BCUT2D eigenvalue weighted by Crippen LogP contribution is -2.09. The van der Waals surface area contributed by atoms with E-state index in [0.717, 1.165) is 22.3 Å². The van der Waals surface area contributed by atoms with Gasteiger partial charge in [-0.25, -0.2) is 4.39 Å². The van der Waals surface area contributed by atoms with Gasteiger partial charge < -0.3 is 0 Å². The third-order valence-electron chi connectivity index (χ3n) is 3.60. The Balaban J connectivity index is 2.33. The molecule has 0 aliphatic carbocycles. The van der Waals surface area contributed by atoms with Crippen molar-refractivity contribution in [3.63, 3.8) is 0 Å². The van der Waals surface area contributed by atoms with E-state index in [1.165, 1.54) is 11.6 Å². The largest absolute Gasteiger partial charge is 0.294 e. The minimum atomic E-state index is -0.433. The Hall–Kier alpha value is -1.96. The van der Waals surface area contributed by atoms with Gasteiger partial charge in [-0.1, -0.05) is 23.8 Å². The van der Waals surface area contributed by atoms with Crippen LogP contribution in [0, 0.1) is 33.5 Å². The highest BCUT2D eigenvalue weighted by Crippen LogP contribution is 2.20. The number of halogens is 1. The van der Waals surface area contributed by atoms with Crippen molar-refractivity contribution in [3.8, 4) is 0 Å². The molecule has 0 saturated carbocycles. The minimum Gasteiger partial charge on any atom is -0.294 e. The normalized spacial score (nSPS) is 10.7. The monoisotopic (exact) mass is 270 g/mol. The van der Waals surface area contributed by atoms with Crippen LogP contribution in [0.15, 0.2) is 30.3 Å². The maximum atomic E-state index is 13.8. The van der Waals surface area contributed by atoms with Crippen LogP contribution in [0.3, 0.4) is 0 Å². The summed E-state index contributed by atoms with van der Waals surface area (Å²) in [5, 5.41) is 0. The molecule has 0 heterocycles. The zero-order valence-corrected chi connectivity index (χ0v) is 12.4.